The van der Waals surface area contributed by atoms with Crippen molar-refractivity contribution in [3.8, 4) is 5.75 Å². The lowest BCUT2D eigenvalue weighted by Crippen LogP contribution is -2.17. The SMILES string of the molecule is CC(c1ccccc1)C(N)c1ccc2c(c1)CCO2. The van der Waals surface area contributed by atoms with Gasteiger partial charge in [-0.05, 0) is 22.8 Å². The minimum Gasteiger partial charge on any atom is -0.493 e. The maximum Gasteiger partial charge on any atom is 0.122 e. The van der Waals surface area contributed by atoms with Gasteiger partial charge in [-0.2, -0.15) is 0 Å². The molecule has 0 aliphatic carbocycles. The molecule has 98 valence electrons. The zero-order valence-corrected chi connectivity index (χ0v) is 11.2. The van der Waals surface area contributed by atoms with E-state index in [9.17, 15) is 0 Å². The van der Waals surface area contributed by atoms with E-state index in [0.29, 0.717) is 5.92 Å². The van der Waals surface area contributed by atoms with Gasteiger partial charge in [0.15, 0.2) is 0 Å². The van der Waals surface area contributed by atoms with Gasteiger partial charge in [-0.25, -0.2) is 0 Å². The largest absolute Gasteiger partial charge is 0.493 e. The average molecular weight is 253 g/mol. The monoisotopic (exact) mass is 253 g/mol. The Morgan fingerprint density at radius 2 is 1.84 bits per heavy atom. The highest BCUT2D eigenvalue weighted by Gasteiger charge is 2.19. The van der Waals surface area contributed by atoms with Gasteiger partial charge in [0.1, 0.15) is 5.75 Å². The molecule has 2 unspecified atom stereocenters. The van der Waals surface area contributed by atoms with Crippen molar-refractivity contribution in [3.05, 3.63) is 65.2 Å². The summed E-state index contributed by atoms with van der Waals surface area (Å²) in [5.41, 5.74) is 10.2. The van der Waals surface area contributed by atoms with E-state index in [1.807, 2.05) is 6.07 Å². The summed E-state index contributed by atoms with van der Waals surface area (Å²) in [6, 6.07) is 16.8. The van der Waals surface area contributed by atoms with E-state index in [-0.39, 0.29) is 6.04 Å². The highest BCUT2D eigenvalue weighted by Crippen LogP contribution is 2.32. The van der Waals surface area contributed by atoms with Crippen LogP contribution in [0.25, 0.3) is 0 Å². The van der Waals surface area contributed by atoms with Gasteiger partial charge in [0.05, 0.1) is 6.61 Å². The van der Waals surface area contributed by atoms with E-state index in [1.54, 1.807) is 0 Å². The van der Waals surface area contributed by atoms with Crippen molar-refractivity contribution in [2.45, 2.75) is 25.3 Å². The second-order valence-electron chi connectivity index (χ2n) is 5.19. The summed E-state index contributed by atoms with van der Waals surface area (Å²) < 4.78 is 5.54. The normalized spacial score (nSPS) is 16.5. The van der Waals surface area contributed by atoms with Crippen LogP contribution in [0, 0.1) is 0 Å². The van der Waals surface area contributed by atoms with E-state index < -0.39 is 0 Å². The smallest absolute Gasteiger partial charge is 0.122 e. The summed E-state index contributed by atoms with van der Waals surface area (Å²) in [5.74, 6) is 1.32. The first-order chi connectivity index (χ1) is 9.25. The third kappa shape index (κ3) is 2.36. The Morgan fingerprint density at radius 3 is 2.63 bits per heavy atom. The summed E-state index contributed by atoms with van der Waals surface area (Å²) in [5, 5.41) is 0. The van der Waals surface area contributed by atoms with Gasteiger partial charge in [-0.1, -0.05) is 49.4 Å². The molecular formula is C17H19NO. The van der Waals surface area contributed by atoms with Crippen molar-refractivity contribution in [1.82, 2.24) is 0 Å². The second-order valence-corrected chi connectivity index (χ2v) is 5.19. The molecular weight excluding hydrogens is 234 g/mol. The predicted octanol–water partition coefficient (Wildman–Crippen LogP) is 3.43. The molecule has 19 heavy (non-hydrogen) atoms. The quantitative estimate of drug-likeness (QED) is 0.909. The van der Waals surface area contributed by atoms with Gasteiger partial charge < -0.3 is 10.5 Å². The Morgan fingerprint density at radius 1 is 1.05 bits per heavy atom. The topological polar surface area (TPSA) is 35.2 Å². The fourth-order valence-corrected chi connectivity index (χ4v) is 2.67. The lowest BCUT2D eigenvalue weighted by atomic mass is 9.88. The van der Waals surface area contributed by atoms with Crippen LogP contribution in [0.2, 0.25) is 0 Å². The van der Waals surface area contributed by atoms with Crippen molar-refractivity contribution in [2.75, 3.05) is 6.61 Å². The number of nitrogens with two attached hydrogens (primary N) is 1. The number of ether oxygens (including phenoxy) is 1. The first-order valence-corrected chi connectivity index (χ1v) is 6.82. The van der Waals surface area contributed by atoms with E-state index >= 15 is 0 Å². The van der Waals surface area contributed by atoms with Crippen molar-refractivity contribution in [2.24, 2.45) is 5.73 Å². The molecule has 0 fully saturated rings. The Bertz CT molecular complexity index is 565. The van der Waals surface area contributed by atoms with Crippen LogP contribution in [-0.4, -0.2) is 6.61 Å². The molecule has 2 aromatic rings. The maximum absolute atomic E-state index is 6.42. The summed E-state index contributed by atoms with van der Waals surface area (Å²) in [4.78, 5) is 0. The molecule has 0 spiro atoms. The molecule has 0 bridgehead atoms. The third-order valence-electron chi connectivity index (χ3n) is 3.96. The van der Waals surface area contributed by atoms with Crippen LogP contribution in [0.1, 0.15) is 35.6 Å². The molecule has 2 aromatic carbocycles. The van der Waals surface area contributed by atoms with Crippen LogP contribution in [0.3, 0.4) is 0 Å². The molecule has 0 saturated heterocycles. The maximum atomic E-state index is 6.42. The summed E-state index contributed by atoms with van der Waals surface area (Å²) in [6.45, 7) is 2.98. The van der Waals surface area contributed by atoms with Gasteiger partial charge in [0, 0.05) is 18.4 Å². The van der Waals surface area contributed by atoms with E-state index in [2.05, 4.69) is 49.4 Å². The Hall–Kier alpha value is -1.80. The average Bonchev–Trinajstić information content (AvgIpc) is 2.94. The lowest BCUT2D eigenvalue weighted by molar-refractivity contribution is 0.356. The zero-order valence-electron chi connectivity index (χ0n) is 11.2. The van der Waals surface area contributed by atoms with Crippen molar-refractivity contribution in [3.63, 3.8) is 0 Å². The van der Waals surface area contributed by atoms with Gasteiger partial charge in [0.2, 0.25) is 0 Å². The van der Waals surface area contributed by atoms with Crippen LogP contribution in [-0.2, 0) is 6.42 Å². The molecule has 2 N–H and O–H groups in total. The van der Waals surface area contributed by atoms with Crippen LogP contribution in [0.15, 0.2) is 48.5 Å². The standard InChI is InChI=1S/C17H19NO/c1-12(13-5-3-2-4-6-13)17(18)15-7-8-16-14(11-15)9-10-19-16/h2-8,11-12,17H,9-10,18H2,1H3. The minimum absolute atomic E-state index is 0.0216. The molecule has 0 saturated carbocycles. The number of benzene rings is 2. The van der Waals surface area contributed by atoms with Gasteiger partial charge in [-0.15, -0.1) is 0 Å². The molecule has 1 heterocycles. The third-order valence-corrected chi connectivity index (χ3v) is 3.96. The molecule has 3 rings (SSSR count). The molecule has 1 aliphatic heterocycles. The molecule has 2 atom stereocenters. The lowest BCUT2D eigenvalue weighted by Gasteiger charge is -2.21. The highest BCUT2D eigenvalue weighted by atomic mass is 16.5. The van der Waals surface area contributed by atoms with Gasteiger partial charge in [-0.3, -0.25) is 0 Å². The van der Waals surface area contributed by atoms with Gasteiger partial charge in [0.25, 0.3) is 0 Å². The van der Waals surface area contributed by atoms with E-state index in [4.69, 9.17) is 10.5 Å². The Labute approximate surface area is 114 Å². The molecule has 0 amide bonds. The number of hydrogen-bond acceptors (Lipinski definition) is 2. The van der Waals surface area contributed by atoms with Crippen LogP contribution < -0.4 is 10.5 Å². The fraction of sp³-hybridized carbons (Fsp3) is 0.294. The summed E-state index contributed by atoms with van der Waals surface area (Å²) in [6.07, 6.45) is 0.996. The molecule has 2 heteroatoms. The molecule has 0 radical (unpaired) electrons. The summed E-state index contributed by atoms with van der Waals surface area (Å²) >= 11 is 0. The second kappa shape index (κ2) is 5.06. The Balaban J connectivity index is 1.86. The zero-order chi connectivity index (χ0) is 13.2. The van der Waals surface area contributed by atoms with Crippen LogP contribution in [0.4, 0.5) is 0 Å². The minimum atomic E-state index is 0.0216. The van der Waals surface area contributed by atoms with Crippen LogP contribution >= 0.6 is 0 Å². The molecule has 0 aromatic heterocycles. The van der Waals surface area contributed by atoms with Gasteiger partial charge >= 0.3 is 0 Å². The van der Waals surface area contributed by atoms with Crippen molar-refractivity contribution < 1.29 is 4.74 Å². The fourth-order valence-electron chi connectivity index (χ4n) is 2.67. The molecule has 2 nitrogen and oxygen atoms in total. The van der Waals surface area contributed by atoms with Crippen molar-refractivity contribution in [1.29, 1.82) is 0 Å². The van der Waals surface area contributed by atoms with E-state index in [1.165, 1.54) is 16.7 Å². The Kier molecular flexibility index (Phi) is 3.26. The molecule has 1 aliphatic rings. The van der Waals surface area contributed by atoms with Crippen LogP contribution in [0.5, 0.6) is 5.75 Å². The number of hydrogen-bond donors (Lipinski definition) is 1. The first kappa shape index (κ1) is 12.2. The number of fused-ring (bicyclic) bond motifs is 1. The highest BCUT2D eigenvalue weighted by molar-refractivity contribution is 5.41. The number of rotatable bonds is 3. The van der Waals surface area contributed by atoms with E-state index in [0.717, 1.165) is 18.8 Å². The first-order valence-electron chi connectivity index (χ1n) is 6.82. The summed E-state index contributed by atoms with van der Waals surface area (Å²) in [7, 11) is 0. The predicted molar refractivity (Wildman–Crippen MR) is 77.4 cm³/mol. The van der Waals surface area contributed by atoms with Crippen molar-refractivity contribution >= 4 is 0 Å².